The Bertz CT molecular complexity index is 932. The van der Waals surface area contributed by atoms with E-state index in [1.165, 1.54) is 18.6 Å². The van der Waals surface area contributed by atoms with Crippen LogP contribution in [-0.2, 0) is 5.72 Å². The van der Waals surface area contributed by atoms with Gasteiger partial charge in [0.25, 0.3) is 0 Å². The number of benzene rings is 3. The Kier molecular flexibility index (Phi) is 6.12. The summed E-state index contributed by atoms with van der Waals surface area (Å²) in [6.45, 7) is 2.24. The second kappa shape index (κ2) is 8.93. The molecule has 0 amide bonds. The van der Waals surface area contributed by atoms with E-state index >= 15 is 0 Å². The van der Waals surface area contributed by atoms with Gasteiger partial charge in [0.15, 0.2) is 0 Å². The molecule has 1 aliphatic heterocycles. The molecule has 4 heteroatoms. The number of aliphatic hydroxyl groups is 1. The van der Waals surface area contributed by atoms with Gasteiger partial charge in [-0.1, -0.05) is 55.0 Å². The summed E-state index contributed by atoms with van der Waals surface area (Å²) in [5, 5.41) is 13.9. The van der Waals surface area contributed by atoms with Crippen molar-refractivity contribution in [2.24, 2.45) is 0 Å². The highest BCUT2D eigenvalue weighted by atomic mass is 19.1. The topological polar surface area (TPSA) is 32.7 Å². The number of hydrogen-bond donors (Lipinski definition) is 1. The molecule has 1 atom stereocenters. The lowest BCUT2D eigenvalue weighted by Crippen LogP contribution is -2.48. The molecule has 1 aliphatic rings. The maximum absolute atomic E-state index is 13.4. The molecule has 1 unspecified atom stereocenters. The summed E-state index contributed by atoms with van der Waals surface area (Å²) in [6.07, 6.45) is 4.60. The summed E-state index contributed by atoms with van der Waals surface area (Å²) in [5.74, 6) is 0.584. The van der Waals surface area contributed by atoms with Crippen molar-refractivity contribution in [2.75, 3.05) is 19.7 Å². The molecule has 0 aromatic heterocycles. The molecule has 3 aromatic rings. The second-order valence-electron chi connectivity index (χ2n) is 7.80. The minimum atomic E-state index is -1.09. The third kappa shape index (κ3) is 4.44. The maximum Gasteiger partial charge on any atom is 0.144 e. The standard InChI is InChI=1S/C25H28FNO2/c26-22-14-12-21(13-15-22)25(28,27-17-4-1-5-18-27)16-7-19-29-24-11-6-9-20-8-2-3-10-23(20)24/h2-3,6,8-15,28H,1,4-5,7,16-19H2. The first kappa shape index (κ1) is 19.9. The fourth-order valence-corrected chi connectivity index (χ4v) is 4.29. The van der Waals surface area contributed by atoms with E-state index < -0.39 is 5.72 Å². The molecule has 1 fully saturated rings. The lowest BCUT2D eigenvalue weighted by molar-refractivity contribution is -0.131. The van der Waals surface area contributed by atoms with Crippen molar-refractivity contribution in [3.8, 4) is 5.75 Å². The van der Waals surface area contributed by atoms with Crippen molar-refractivity contribution in [1.29, 1.82) is 0 Å². The monoisotopic (exact) mass is 393 g/mol. The normalized spacial score (nSPS) is 17.2. The van der Waals surface area contributed by atoms with Crippen LogP contribution in [0.4, 0.5) is 4.39 Å². The number of rotatable bonds is 7. The van der Waals surface area contributed by atoms with Gasteiger partial charge in [-0.25, -0.2) is 4.39 Å². The minimum absolute atomic E-state index is 0.283. The number of piperidine rings is 1. The molecule has 3 nitrogen and oxygen atoms in total. The van der Waals surface area contributed by atoms with Gasteiger partial charge in [0, 0.05) is 18.5 Å². The third-order valence-electron chi connectivity index (χ3n) is 5.86. The fourth-order valence-electron chi connectivity index (χ4n) is 4.29. The Morgan fingerprint density at radius 3 is 2.41 bits per heavy atom. The molecule has 1 heterocycles. The van der Waals surface area contributed by atoms with Crippen LogP contribution in [0.5, 0.6) is 5.75 Å². The summed E-state index contributed by atoms with van der Waals surface area (Å²) < 4.78 is 19.5. The first-order valence-electron chi connectivity index (χ1n) is 10.5. The van der Waals surface area contributed by atoms with Gasteiger partial charge in [0.1, 0.15) is 17.3 Å². The van der Waals surface area contributed by atoms with Gasteiger partial charge < -0.3 is 9.84 Å². The highest BCUT2D eigenvalue weighted by molar-refractivity contribution is 5.88. The quantitative estimate of drug-likeness (QED) is 0.540. The molecule has 0 saturated carbocycles. The van der Waals surface area contributed by atoms with Crippen molar-refractivity contribution >= 4 is 10.8 Å². The lowest BCUT2D eigenvalue weighted by atomic mass is 9.93. The van der Waals surface area contributed by atoms with Gasteiger partial charge in [-0.2, -0.15) is 0 Å². The minimum Gasteiger partial charge on any atom is -0.493 e. The van der Waals surface area contributed by atoms with Gasteiger partial charge in [0.05, 0.1) is 6.61 Å². The first-order valence-corrected chi connectivity index (χ1v) is 10.5. The molecule has 152 valence electrons. The zero-order valence-corrected chi connectivity index (χ0v) is 16.7. The average molecular weight is 394 g/mol. The van der Waals surface area contributed by atoms with E-state index in [0.29, 0.717) is 19.4 Å². The zero-order valence-electron chi connectivity index (χ0n) is 16.7. The summed E-state index contributed by atoms with van der Waals surface area (Å²) in [4.78, 5) is 2.14. The molecule has 0 radical (unpaired) electrons. The molecule has 0 bridgehead atoms. The molecule has 4 rings (SSSR count). The molecule has 29 heavy (non-hydrogen) atoms. The summed E-state index contributed by atoms with van der Waals surface area (Å²) in [6, 6.07) is 20.5. The fraction of sp³-hybridized carbons (Fsp3) is 0.360. The van der Waals surface area contributed by atoms with Crippen LogP contribution in [0, 0.1) is 5.82 Å². The van der Waals surface area contributed by atoms with Gasteiger partial charge in [-0.05, 0) is 54.8 Å². The number of fused-ring (bicyclic) bond motifs is 1. The van der Waals surface area contributed by atoms with Crippen LogP contribution in [0.2, 0.25) is 0 Å². The third-order valence-corrected chi connectivity index (χ3v) is 5.86. The summed E-state index contributed by atoms with van der Waals surface area (Å²) in [7, 11) is 0. The maximum atomic E-state index is 13.4. The smallest absolute Gasteiger partial charge is 0.144 e. The number of hydrogen-bond acceptors (Lipinski definition) is 3. The first-order chi connectivity index (χ1) is 14.2. The highest BCUT2D eigenvalue weighted by Crippen LogP contribution is 2.34. The van der Waals surface area contributed by atoms with E-state index in [4.69, 9.17) is 4.74 Å². The molecule has 0 aliphatic carbocycles. The summed E-state index contributed by atoms with van der Waals surface area (Å²) in [5.41, 5.74) is -0.332. The van der Waals surface area contributed by atoms with E-state index in [1.54, 1.807) is 12.1 Å². The Labute approximate surface area is 171 Å². The van der Waals surface area contributed by atoms with E-state index in [-0.39, 0.29) is 5.82 Å². The van der Waals surface area contributed by atoms with Crippen molar-refractivity contribution in [3.63, 3.8) is 0 Å². The average Bonchev–Trinajstić information content (AvgIpc) is 2.77. The SMILES string of the molecule is OC(CCCOc1cccc2ccccc12)(c1ccc(F)cc1)N1CCCCC1. The van der Waals surface area contributed by atoms with Crippen LogP contribution in [0.15, 0.2) is 66.7 Å². The van der Waals surface area contributed by atoms with Crippen LogP contribution in [-0.4, -0.2) is 29.7 Å². The van der Waals surface area contributed by atoms with Gasteiger partial charge in [-0.3, -0.25) is 4.90 Å². The molecular weight excluding hydrogens is 365 g/mol. The number of ether oxygens (including phenoxy) is 1. The number of halogens is 1. The highest BCUT2D eigenvalue weighted by Gasteiger charge is 2.36. The Hall–Kier alpha value is -2.43. The van der Waals surface area contributed by atoms with E-state index in [1.807, 2.05) is 24.3 Å². The summed E-state index contributed by atoms with van der Waals surface area (Å²) >= 11 is 0. The molecule has 0 spiro atoms. The van der Waals surface area contributed by atoms with E-state index in [0.717, 1.165) is 48.0 Å². The predicted octanol–water partition coefficient (Wildman–Crippen LogP) is 5.47. The Morgan fingerprint density at radius 2 is 1.62 bits per heavy atom. The molecule has 1 N–H and O–H groups in total. The lowest BCUT2D eigenvalue weighted by Gasteiger charge is -2.42. The van der Waals surface area contributed by atoms with Crippen LogP contribution < -0.4 is 4.74 Å². The van der Waals surface area contributed by atoms with Gasteiger partial charge in [-0.15, -0.1) is 0 Å². The Balaban J connectivity index is 1.46. The predicted molar refractivity (Wildman–Crippen MR) is 114 cm³/mol. The van der Waals surface area contributed by atoms with Crippen molar-refractivity contribution < 1.29 is 14.2 Å². The van der Waals surface area contributed by atoms with Gasteiger partial charge in [0.2, 0.25) is 0 Å². The van der Waals surface area contributed by atoms with Crippen LogP contribution in [0.3, 0.4) is 0 Å². The van der Waals surface area contributed by atoms with Crippen LogP contribution in [0.1, 0.15) is 37.7 Å². The Morgan fingerprint density at radius 1 is 0.897 bits per heavy atom. The van der Waals surface area contributed by atoms with E-state index in [9.17, 15) is 9.50 Å². The zero-order chi connectivity index (χ0) is 20.1. The second-order valence-corrected chi connectivity index (χ2v) is 7.80. The number of likely N-dealkylation sites (tertiary alicyclic amines) is 1. The van der Waals surface area contributed by atoms with Gasteiger partial charge >= 0.3 is 0 Å². The number of nitrogens with zero attached hydrogens (tertiary/aromatic N) is 1. The van der Waals surface area contributed by atoms with Crippen molar-refractivity contribution in [3.05, 3.63) is 78.1 Å². The van der Waals surface area contributed by atoms with Crippen molar-refractivity contribution in [2.45, 2.75) is 37.8 Å². The van der Waals surface area contributed by atoms with Crippen LogP contribution in [0.25, 0.3) is 10.8 Å². The molecular formula is C25H28FNO2. The molecule has 3 aromatic carbocycles. The van der Waals surface area contributed by atoms with Crippen LogP contribution >= 0.6 is 0 Å². The van der Waals surface area contributed by atoms with Crippen molar-refractivity contribution in [1.82, 2.24) is 4.90 Å². The largest absolute Gasteiger partial charge is 0.493 e. The van der Waals surface area contributed by atoms with E-state index in [2.05, 4.69) is 23.1 Å². The molecule has 1 saturated heterocycles.